The van der Waals surface area contributed by atoms with E-state index < -0.39 is 7.14 Å². The maximum absolute atomic E-state index is 14.2. The van der Waals surface area contributed by atoms with Crippen LogP contribution in [0.1, 0.15) is 39.9 Å². The average Bonchev–Trinajstić information content (AvgIpc) is 2.61. The van der Waals surface area contributed by atoms with Gasteiger partial charge in [-0.05, 0) is 44.7 Å². The highest BCUT2D eigenvalue weighted by Crippen LogP contribution is 2.58. The van der Waals surface area contributed by atoms with Gasteiger partial charge in [-0.2, -0.15) is 0 Å². The fourth-order valence-electron chi connectivity index (χ4n) is 3.58. The van der Waals surface area contributed by atoms with E-state index in [9.17, 15) is 9.36 Å². The number of rotatable bonds is 4. The van der Waals surface area contributed by atoms with Gasteiger partial charge >= 0.3 is 0 Å². The summed E-state index contributed by atoms with van der Waals surface area (Å²) >= 11 is 0. The van der Waals surface area contributed by atoms with Crippen molar-refractivity contribution in [2.75, 3.05) is 0 Å². The van der Waals surface area contributed by atoms with Gasteiger partial charge in [0.1, 0.15) is 0 Å². The van der Waals surface area contributed by atoms with Crippen molar-refractivity contribution in [2.45, 2.75) is 33.6 Å². The number of carbonyl (C=O) groups excluding carboxylic acids is 1. The Morgan fingerprint density at radius 1 is 1.00 bits per heavy atom. The molecule has 2 aromatic rings. The summed E-state index contributed by atoms with van der Waals surface area (Å²) in [6, 6.07) is 13.2. The molecule has 3 heteroatoms. The normalized spacial score (nSPS) is 16.2. The first-order valence-electron chi connectivity index (χ1n) is 8.59. The molecule has 2 nitrogen and oxygen atoms in total. The van der Waals surface area contributed by atoms with Crippen molar-refractivity contribution in [1.29, 1.82) is 0 Å². The maximum atomic E-state index is 14.2. The highest BCUT2D eigenvalue weighted by Gasteiger charge is 2.39. The number of allylic oxidation sites excluding steroid dienone is 4. The Bertz CT molecular complexity index is 897. The van der Waals surface area contributed by atoms with E-state index in [0.717, 1.165) is 28.4 Å². The lowest BCUT2D eigenvalue weighted by Crippen LogP contribution is -2.17. The molecule has 0 radical (unpaired) electrons. The molecule has 1 aliphatic carbocycles. The highest BCUT2D eigenvalue weighted by molar-refractivity contribution is 7.90. The van der Waals surface area contributed by atoms with Crippen LogP contribution in [0.15, 0.2) is 66.0 Å². The summed E-state index contributed by atoms with van der Waals surface area (Å²) in [5.74, 6) is 0. The van der Waals surface area contributed by atoms with Crippen LogP contribution in [0.2, 0.25) is 0 Å². The molecule has 1 atom stereocenters. The van der Waals surface area contributed by atoms with Crippen molar-refractivity contribution in [3.63, 3.8) is 0 Å². The van der Waals surface area contributed by atoms with Crippen LogP contribution >= 0.6 is 7.14 Å². The van der Waals surface area contributed by atoms with Crippen molar-refractivity contribution >= 4 is 18.0 Å². The third-order valence-electron chi connectivity index (χ3n) is 4.69. The fourth-order valence-corrected chi connectivity index (χ4v) is 6.41. The summed E-state index contributed by atoms with van der Waals surface area (Å²) in [6.07, 6.45) is 7.32. The molecule has 0 bridgehead atoms. The summed E-state index contributed by atoms with van der Waals surface area (Å²) in [5.41, 5.74) is 3.26. The number of benzene rings is 2. The molecule has 0 spiro atoms. The first-order valence-corrected chi connectivity index (χ1v) is 10.3. The molecule has 3 rings (SSSR count). The SMILES string of the molecule is Cc1cc(C)c(C(=O)P(=O)(C2=CC=CCC2)c2ccccc2)c(C)c1. The third kappa shape index (κ3) is 3.19. The van der Waals surface area contributed by atoms with Crippen molar-refractivity contribution in [3.05, 3.63) is 88.3 Å². The van der Waals surface area contributed by atoms with Crippen LogP contribution in [-0.2, 0) is 4.57 Å². The molecule has 128 valence electrons. The molecule has 0 fully saturated rings. The maximum Gasteiger partial charge on any atom is 0.230 e. The van der Waals surface area contributed by atoms with Crippen molar-refractivity contribution in [3.8, 4) is 0 Å². The van der Waals surface area contributed by atoms with Crippen LogP contribution in [0.5, 0.6) is 0 Å². The van der Waals surface area contributed by atoms with E-state index in [-0.39, 0.29) is 5.52 Å². The minimum Gasteiger partial charge on any atom is -0.306 e. The van der Waals surface area contributed by atoms with Gasteiger partial charge in [0.25, 0.3) is 0 Å². The lowest BCUT2D eigenvalue weighted by Gasteiger charge is -2.23. The molecule has 2 aromatic carbocycles. The highest BCUT2D eigenvalue weighted by atomic mass is 31.2. The Morgan fingerprint density at radius 2 is 1.64 bits per heavy atom. The van der Waals surface area contributed by atoms with E-state index in [4.69, 9.17) is 0 Å². The zero-order chi connectivity index (χ0) is 18.0. The Kier molecular flexibility index (Phi) is 4.92. The minimum absolute atomic E-state index is 0.241. The molecule has 25 heavy (non-hydrogen) atoms. The monoisotopic (exact) mass is 350 g/mol. The average molecular weight is 350 g/mol. The molecule has 0 saturated carbocycles. The molecule has 0 amide bonds. The molecule has 0 heterocycles. The van der Waals surface area contributed by atoms with Crippen LogP contribution in [-0.4, -0.2) is 5.52 Å². The van der Waals surface area contributed by atoms with Gasteiger partial charge in [-0.15, -0.1) is 0 Å². The van der Waals surface area contributed by atoms with Crippen LogP contribution in [0.3, 0.4) is 0 Å². The van der Waals surface area contributed by atoms with Gasteiger partial charge in [0, 0.05) is 16.2 Å². The summed E-state index contributed by atoms with van der Waals surface area (Å²) < 4.78 is 14.2. The van der Waals surface area contributed by atoms with E-state index in [2.05, 4.69) is 0 Å². The van der Waals surface area contributed by atoms with Gasteiger partial charge in [-0.1, -0.05) is 66.3 Å². The summed E-state index contributed by atoms with van der Waals surface area (Å²) in [4.78, 5) is 13.6. The molecule has 0 aromatic heterocycles. The van der Waals surface area contributed by atoms with Gasteiger partial charge < -0.3 is 4.57 Å². The summed E-state index contributed by atoms with van der Waals surface area (Å²) in [7, 11) is -3.36. The second-order valence-electron chi connectivity index (χ2n) is 6.65. The quantitative estimate of drug-likeness (QED) is 0.665. The fraction of sp³-hybridized carbons (Fsp3) is 0.227. The van der Waals surface area contributed by atoms with Crippen LogP contribution in [0.25, 0.3) is 0 Å². The number of carbonyl (C=O) groups is 1. The van der Waals surface area contributed by atoms with Crippen molar-refractivity contribution < 1.29 is 9.36 Å². The number of aryl methyl sites for hydroxylation is 3. The Hall–Kier alpha value is -2.18. The Morgan fingerprint density at radius 3 is 2.20 bits per heavy atom. The number of hydrogen-bond acceptors (Lipinski definition) is 2. The second-order valence-corrected chi connectivity index (χ2v) is 9.36. The predicted octanol–water partition coefficient (Wildman–Crippen LogP) is 5.67. The van der Waals surface area contributed by atoms with Gasteiger partial charge in [0.15, 0.2) is 0 Å². The molecule has 1 aliphatic rings. The topological polar surface area (TPSA) is 34.1 Å². The van der Waals surface area contributed by atoms with Gasteiger partial charge in [0.05, 0.1) is 0 Å². The van der Waals surface area contributed by atoms with Gasteiger partial charge in [0.2, 0.25) is 12.7 Å². The summed E-state index contributed by atoms with van der Waals surface area (Å²) in [5, 5.41) is 1.38. The first-order chi connectivity index (χ1) is 11.9. The van der Waals surface area contributed by atoms with E-state index in [1.54, 1.807) is 0 Å². The predicted molar refractivity (Wildman–Crippen MR) is 105 cm³/mol. The lowest BCUT2D eigenvalue weighted by atomic mass is 10.0. The number of hydrogen-bond donors (Lipinski definition) is 0. The Labute approximate surface area is 149 Å². The smallest absolute Gasteiger partial charge is 0.230 e. The lowest BCUT2D eigenvalue weighted by molar-refractivity contribution is 0.107. The zero-order valence-electron chi connectivity index (χ0n) is 15.0. The molecular formula is C22H23O2P. The van der Waals surface area contributed by atoms with Crippen LogP contribution < -0.4 is 5.30 Å². The van der Waals surface area contributed by atoms with Gasteiger partial charge in [-0.3, -0.25) is 4.79 Å². The van der Waals surface area contributed by atoms with E-state index in [1.807, 2.05) is 81.5 Å². The minimum atomic E-state index is -3.36. The zero-order valence-corrected chi connectivity index (χ0v) is 15.8. The van der Waals surface area contributed by atoms with Crippen LogP contribution in [0.4, 0.5) is 0 Å². The molecule has 0 N–H and O–H groups in total. The van der Waals surface area contributed by atoms with Gasteiger partial charge in [-0.25, -0.2) is 0 Å². The third-order valence-corrected chi connectivity index (χ3v) is 7.70. The van der Waals surface area contributed by atoms with E-state index >= 15 is 0 Å². The molecule has 0 aliphatic heterocycles. The summed E-state index contributed by atoms with van der Waals surface area (Å²) in [6.45, 7) is 5.87. The van der Waals surface area contributed by atoms with Crippen molar-refractivity contribution in [2.24, 2.45) is 0 Å². The first kappa shape index (κ1) is 17.6. The van der Waals surface area contributed by atoms with Crippen molar-refractivity contribution in [1.82, 2.24) is 0 Å². The van der Waals surface area contributed by atoms with E-state index in [0.29, 0.717) is 17.3 Å². The largest absolute Gasteiger partial charge is 0.306 e. The molecular weight excluding hydrogens is 327 g/mol. The Balaban J connectivity index is 2.23. The second kappa shape index (κ2) is 6.98. The molecule has 1 unspecified atom stereocenters. The van der Waals surface area contributed by atoms with Crippen LogP contribution in [0, 0.1) is 20.8 Å². The molecule has 0 saturated heterocycles. The van der Waals surface area contributed by atoms with E-state index in [1.165, 1.54) is 0 Å². The standard InChI is InChI=1S/C22H23O2P/c1-16-14-17(2)21(18(3)15-16)22(23)25(24,19-10-6-4-7-11-19)20-12-8-5-9-13-20/h4-8,10-12,14-15H,9,13H2,1-3H3.